The van der Waals surface area contributed by atoms with Gasteiger partial charge in [-0.3, -0.25) is 4.79 Å². The average Bonchev–Trinajstić information content (AvgIpc) is 2.15. The standard InChI is InChI=1S/C9H17NO3/c1-7(11)9(12)10-6-8-2-4-13-5-3-8/h7-8,11H,2-6H2,1H3,(H,10,12). The zero-order chi connectivity index (χ0) is 9.68. The minimum absolute atomic E-state index is 0.286. The van der Waals surface area contributed by atoms with Crippen LogP contribution in [0.15, 0.2) is 0 Å². The van der Waals surface area contributed by atoms with Crippen LogP contribution in [-0.2, 0) is 9.53 Å². The molecule has 4 nitrogen and oxygen atoms in total. The predicted octanol–water partition coefficient (Wildman–Crippen LogP) is -0.0900. The van der Waals surface area contributed by atoms with Gasteiger partial charge in [0.15, 0.2) is 0 Å². The van der Waals surface area contributed by atoms with Crippen molar-refractivity contribution in [1.82, 2.24) is 5.32 Å². The van der Waals surface area contributed by atoms with E-state index in [4.69, 9.17) is 9.84 Å². The number of carbonyl (C=O) groups is 1. The van der Waals surface area contributed by atoms with Crippen LogP contribution in [-0.4, -0.2) is 36.9 Å². The van der Waals surface area contributed by atoms with E-state index < -0.39 is 6.10 Å². The number of hydrogen-bond donors (Lipinski definition) is 2. The second-order valence-corrected chi connectivity index (χ2v) is 3.48. The molecular formula is C9H17NO3. The van der Waals surface area contributed by atoms with Gasteiger partial charge in [0.25, 0.3) is 0 Å². The summed E-state index contributed by atoms with van der Waals surface area (Å²) in [6.45, 7) is 3.71. The molecule has 1 aliphatic rings. The van der Waals surface area contributed by atoms with Crippen molar-refractivity contribution >= 4 is 5.91 Å². The molecule has 0 aromatic rings. The third-order valence-corrected chi connectivity index (χ3v) is 2.29. The van der Waals surface area contributed by atoms with Gasteiger partial charge < -0.3 is 15.2 Å². The molecule has 1 atom stereocenters. The predicted molar refractivity (Wildman–Crippen MR) is 48.2 cm³/mol. The number of aliphatic hydroxyl groups is 1. The van der Waals surface area contributed by atoms with E-state index in [1.54, 1.807) is 0 Å². The van der Waals surface area contributed by atoms with E-state index in [0.29, 0.717) is 12.5 Å². The molecule has 76 valence electrons. The smallest absolute Gasteiger partial charge is 0.248 e. The van der Waals surface area contributed by atoms with E-state index in [2.05, 4.69) is 5.32 Å². The molecule has 1 heterocycles. The van der Waals surface area contributed by atoms with Gasteiger partial charge in [-0.1, -0.05) is 0 Å². The lowest BCUT2D eigenvalue weighted by Crippen LogP contribution is -2.37. The number of ether oxygens (including phenoxy) is 1. The van der Waals surface area contributed by atoms with Crippen LogP contribution in [0.1, 0.15) is 19.8 Å². The Morgan fingerprint density at radius 1 is 1.62 bits per heavy atom. The van der Waals surface area contributed by atoms with Gasteiger partial charge in [0.2, 0.25) is 5.91 Å². The lowest BCUT2D eigenvalue weighted by atomic mass is 10.0. The van der Waals surface area contributed by atoms with Gasteiger partial charge in [0, 0.05) is 19.8 Å². The van der Waals surface area contributed by atoms with Crippen molar-refractivity contribution in [1.29, 1.82) is 0 Å². The summed E-state index contributed by atoms with van der Waals surface area (Å²) in [6, 6.07) is 0. The van der Waals surface area contributed by atoms with Gasteiger partial charge >= 0.3 is 0 Å². The third-order valence-electron chi connectivity index (χ3n) is 2.29. The van der Waals surface area contributed by atoms with Gasteiger partial charge in [-0.05, 0) is 25.7 Å². The summed E-state index contributed by atoms with van der Waals surface area (Å²) in [6.07, 6.45) is 1.10. The van der Waals surface area contributed by atoms with Gasteiger partial charge in [0.05, 0.1) is 0 Å². The molecule has 0 aromatic heterocycles. The van der Waals surface area contributed by atoms with Crippen LogP contribution < -0.4 is 5.32 Å². The van der Waals surface area contributed by atoms with E-state index in [1.165, 1.54) is 6.92 Å². The number of amides is 1. The molecular weight excluding hydrogens is 170 g/mol. The number of carbonyl (C=O) groups excluding carboxylic acids is 1. The molecule has 0 aliphatic carbocycles. The van der Waals surface area contributed by atoms with Crippen LogP contribution in [0.2, 0.25) is 0 Å². The van der Waals surface area contributed by atoms with E-state index >= 15 is 0 Å². The van der Waals surface area contributed by atoms with E-state index in [1.807, 2.05) is 0 Å². The van der Waals surface area contributed by atoms with Crippen molar-refractivity contribution in [2.45, 2.75) is 25.9 Å². The number of hydrogen-bond acceptors (Lipinski definition) is 3. The molecule has 1 aliphatic heterocycles. The molecule has 2 N–H and O–H groups in total. The van der Waals surface area contributed by atoms with Crippen LogP contribution in [0.3, 0.4) is 0 Å². The van der Waals surface area contributed by atoms with Crippen molar-refractivity contribution < 1.29 is 14.6 Å². The summed E-state index contributed by atoms with van der Waals surface area (Å²) in [5, 5.41) is 11.6. The van der Waals surface area contributed by atoms with Gasteiger partial charge in [-0.25, -0.2) is 0 Å². The van der Waals surface area contributed by atoms with Gasteiger partial charge in [-0.2, -0.15) is 0 Å². The van der Waals surface area contributed by atoms with Crippen molar-refractivity contribution in [2.75, 3.05) is 19.8 Å². The monoisotopic (exact) mass is 187 g/mol. The quantitative estimate of drug-likeness (QED) is 0.649. The Kier molecular flexibility index (Phi) is 4.18. The maximum atomic E-state index is 11.0. The first-order valence-corrected chi connectivity index (χ1v) is 4.73. The second-order valence-electron chi connectivity index (χ2n) is 3.48. The molecule has 13 heavy (non-hydrogen) atoms. The van der Waals surface area contributed by atoms with Crippen LogP contribution in [0.4, 0.5) is 0 Å². The first kappa shape index (κ1) is 10.5. The minimum Gasteiger partial charge on any atom is -0.384 e. The SMILES string of the molecule is CC(O)C(=O)NCC1CCOCC1. The van der Waals surface area contributed by atoms with Crippen LogP contribution in [0, 0.1) is 5.92 Å². The normalized spacial score (nSPS) is 21.1. The topological polar surface area (TPSA) is 58.6 Å². The molecule has 0 aromatic carbocycles. The van der Waals surface area contributed by atoms with Crippen LogP contribution in [0.25, 0.3) is 0 Å². The Balaban J connectivity index is 2.13. The maximum absolute atomic E-state index is 11.0. The summed E-state index contributed by atoms with van der Waals surface area (Å²) in [4.78, 5) is 11.0. The number of aliphatic hydroxyl groups excluding tert-OH is 1. The zero-order valence-electron chi connectivity index (χ0n) is 7.95. The Morgan fingerprint density at radius 2 is 2.23 bits per heavy atom. The minimum atomic E-state index is -0.903. The summed E-state index contributed by atoms with van der Waals surface area (Å²) in [5.74, 6) is 0.225. The fraction of sp³-hybridized carbons (Fsp3) is 0.889. The molecule has 1 fully saturated rings. The molecule has 1 rings (SSSR count). The Hall–Kier alpha value is -0.610. The van der Waals surface area contributed by atoms with E-state index in [-0.39, 0.29) is 5.91 Å². The number of nitrogens with one attached hydrogen (secondary N) is 1. The lowest BCUT2D eigenvalue weighted by Gasteiger charge is -2.22. The number of rotatable bonds is 3. The summed E-state index contributed by atoms with van der Waals surface area (Å²) in [7, 11) is 0. The highest BCUT2D eigenvalue weighted by atomic mass is 16.5. The van der Waals surface area contributed by atoms with E-state index in [9.17, 15) is 4.79 Å². The lowest BCUT2D eigenvalue weighted by molar-refractivity contribution is -0.128. The highest BCUT2D eigenvalue weighted by Crippen LogP contribution is 2.12. The Labute approximate surface area is 78.3 Å². The molecule has 0 saturated carbocycles. The molecule has 4 heteroatoms. The highest BCUT2D eigenvalue weighted by Gasteiger charge is 2.15. The van der Waals surface area contributed by atoms with Crippen molar-refractivity contribution in [2.24, 2.45) is 5.92 Å². The molecule has 0 radical (unpaired) electrons. The summed E-state index contributed by atoms with van der Waals surface area (Å²) >= 11 is 0. The fourth-order valence-corrected chi connectivity index (χ4v) is 1.34. The van der Waals surface area contributed by atoms with Crippen molar-refractivity contribution in [3.05, 3.63) is 0 Å². The second kappa shape index (κ2) is 5.19. The Morgan fingerprint density at radius 3 is 2.77 bits per heavy atom. The van der Waals surface area contributed by atoms with Gasteiger partial charge in [0.1, 0.15) is 6.10 Å². The molecule has 0 bridgehead atoms. The fourth-order valence-electron chi connectivity index (χ4n) is 1.34. The van der Waals surface area contributed by atoms with Crippen LogP contribution >= 0.6 is 0 Å². The molecule has 1 amide bonds. The van der Waals surface area contributed by atoms with E-state index in [0.717, 1.165) is 26.1 Å². The first-order valence-electron chi connectivity index (χ1n) is 4.73. The third kappa shape index (κ3) is 3.74. The Bertz CT molecular complexity index is 164. The van der Waals surface area contributed by atoms with Crippen molar-refractivity contribution in [3.63, 3.8) is 0 Å². The molecule has 1 saturated heterocycles. The zero-order valence-corrected chi connectivity index (χ0v) is 7.95. The summed E-state index contributed by atoms with van der Waals surface area (Å²) < 4.78 is 5.19. The molecule has 0 spiro atoms. The largest absolute Gasteiger partial charge is 0.384 e. The van der Waals surface area contributed by atoms with Crippen molar-refractivity contribution in [3.8, 4) is 0 Å². The average molecular weight is 187 g/mol. The summed E-state index contributed by atoms with van der Waals surface area (Å²) in [5.41, 5.74) is 0. The molecule has 1 unspecified atom stereocenters. The first-order chi connectivity index (χ1) is 6.20. The van der Waals surface area contributed by atoms with Crippen LogP contribution in [0.5, 0.6) is 0 Å². The maximum Gasteiger partial charge on any atom is 0.248 e. The highest BCUT2D eigenvalue weighted by molar-refractivity contribution is 5.79. The van der Waals surface area contributed by atoms with Gasteiger partial charge in [-0.15, -0.1) is 0 Å².